The van der Waals surface area contributed by atoms with Crippen LogP contribution in [0.1, 0.15) is 44.9 Å². The summed E-state index contributed by atoms with van der Waals surface area (Å²) in [5.41, 5.74) is 5.94. The first kappa shape index (κ1) is 12.8. The Hall–Kier alpha value is -0.610. The molecule has 3 N–H and O–H groups in total. The lowest BCUT2D eigenvalue weighted by Gasteiger charge is -2.38. The van der Waals surface area contributed by atoms with E-state index in [1.807, 2.05) is 4.90 Å². The molecule has 0 aromatic rings. The Morgan fingerprint density at radius 1 is 1.24 bits per heavy atom. The highest BCUT2D eigenvalue weighted by Crippen LogP contribution is 2.27. The van der Waals surface area contributed by atoms with E-state index in [4.69, 9.17) is 5.73 Å². The molecule has 1 saturated heterocycles. The number of aliphatic hydroxyl groups excluding tert-OH is 1. The van der Waals surface area contributed by atoms with E-state index in [2.05, 4.69) is 0 Å². The minimum atomic E-state index is 0.0504. The van der Waals surface area contributed by atoms with Crippen LogP contribution in [0.5, 0.6) is 0 Å². The Kier molecular flexibility index (Phi) is 4.40. The van der Waals surface area contributed by atoms with E-state index in [1.54, 1.807) is 0 Å². The minimum absolute atomic E-state index is 0.0504. The van der Waals surface area contributed by atoms with Gasteiger partial charge in [0.2, 0.25) is 5.91 Å². The highest BCUT2D eigenvalue weighted by molar-refractivity contribution is 5.79. The van der Waals surface area contributed by atoms with Crippen LogP contribution in [0, 0.1) is 5.92 Å². The van der Waals surface area contributed by atoms with Crippen LogP contribution in [0.3, 0.4) is 0 Å². The number of carbonyl (C=O) groups excluding carboxylic acids is 1. The van der Waals surface area contributed by atoms with Crippen molar-refractivity contribution in [3.05, 3.63) is 0 Å². The maximum atomic E-state index is 12.4. The molecule has 2 aliphatic rings. The van der Waals surface area contributed by atoms with Crippen molar-refractivity contribution >= 4 is 5.91 Å². The monoisotopic (exact) mass is 240 g/mol. The molecule has 2 fully saturated rings. The van der Waals surface area contributed by atoms with Gasteiger partial charge in [0.05, 0.1) is 12.6 Å². The molecular weight excluding hydrogens is 216 g/mol. The average Bonchev–Trinajstić information content (AvgIpc) is 2.38. The second-order valence-corrected chi connectivity index (χ2v) is 5.49. The lowest BCUT2D eigenvalue weighted by atomic mass is 9.84. The van der Waals surface area contributed by atoms with Gasteiger partial charge in [-0.25, -0.2) is 0 Å². The topological polar surface area (TPSA) is 66.6 Å². The van der Waals surface area contributed by atoms with Crippen LogP contribution in [-0.4, -0.2) is 41.1 Å². The van der Waals surface area contributed by atoms with Crippen LogP contribution in [0.15, 0.2) is 0 Å². The van der Waals surface area contributed by atoms with E-state index < -0.39 is 0 Å². The van der Waals surface area contributed by atoms with Gasteiger partial charge in [-0.1, -0.05) is 6.42 Å². The summed E-state index contributed by atoms with van der Waals surface area (Å²) in [7, 11) is 0. The number of carbonyl (C=O) groups is 1. The van der Waals surface area contributed by atoms with Crippen LogP contribution < -0.4 is 5.73 Å². The standard InChI is InChI=1S/C13H24N2O2/c14-11-5-3-4-10(8-11)13(17)15-7-2-1-6-12(15)9-16/h10-12,16H,1-9,14H2. The molecule has 1 aliphatic carbocycles. The summed E-state index contributed by atoms with van der Waals surface area (Å²) in [6, 6.07) is 0.240. The Labute approximate surface area is 103 Å². The number of rotatable bonds is 2. The smallest absolute Gasteiger partial charge is 0.226 e. The fourth-order valence-corrected chi connectivity index (χ4v) is 3.17. The van der Waals surface area contributed by atoms with E-state index >= 15 is 0 Å². The normalized spacial score (nSPS) is 34.7. The van der Waals surface area contributed by atoms with Gasteiger partial charge >= 0.3 is 0 Å². The average molecular weight is 240 g/mol. The van der Waals surface area contributed by atoms with Gasteiger partial charge in [0.1, 0.15) is 0 Å². The molecule has 4 heteroatoms. The van der Waals surface area contributed by atoms with E-state index in [0.717, 1.165) is 51.5 Å². The predicted molar refractivity (Wildman–Crippen MR) is 66.4 cm³/mol. The molecule has 3 unspecified atom stereocenters. The van der Waals surface area contributed by atoms with E-state index in [9.17, 15) is 9.90 Å². The van der Waals surface area contributed by atoms with Gasteiger partial charge in [0.15, 0.2) is 0 Å². The first-order chi connectivity index (χ1) is 8.22. The fourth-order valence-electron chi connectivity index (χ4n) is 3.17. The Balaban J connectivity index is 1.97. The molecule has 1 amide bonds. The first-order valence-electron chi connectivity index (χ1n) is 6.89. The van der Waals surface area contributed by atoms with Crippen molar-refractivity contribution < 1.29 is 9.90 Å². The lowest BCUT2D eigenvalue weighted by molar-refractivity contribution is -0.141. The number of nitrogens with zero attached hydrogens (tertiary/aromatic N) is 1. The van der Waals surface area contributed by atoms with Crippen molar-refractivity contribution in [3.8, 4) is 0 Å². The molecule has 4 nitrogen and oxygen atoms in total. The molecule has 0 aromatic carbocycles. The predicted octanol–water partition coefficient (Wildman–Crippen LogP) is 0.877. The van der Waals surface area contributed by atoms with Gasteiger partial charge in [0, 0.05) is 18.5 Å². The summed E-state index contributed by atoms with van der Waals surface area (Å²) >= 11 is 0. The molecule has 1 aliphatic heterocycles. The number of piperidine rings is 1. The van der Waals surface area contributed by atoms with Crippen LogP contribution >= 0.6 is 0 Å². The first-order valence-corrected chi connectivity index (χ1v) is 6.89. The van der Waals surface area contributed by atoms with Crippen molar-refractivity contribution in [1.29, 1.82) is 0 Å². The quantitative estimate of drug-likeness (QED) is 0.753. The molecule has 17 heavy (non-hydrogen) atoms. The van der Waals surface area contributed by atoms with Crippen LogP contribution in [0.2, 0.25) is 0 Å². The van der Waals surface area contributed by atoms with Gasteiger partial charge in [-0.05, 0) is 38.5 Å². The molecule has 0 aromatic heterocycles. The third-order valence-corrected chi connectivity index (χ3v) is 4.18. The number of aliphatic hydroxyl groups is 1. The van der Waals surface area contributed by atoms with Crippen molar-refractivity contribution in [2.45, 2.75) is 57.0 Å². The zero-order valence-electron chi connectivity index (χ0n) is 10.5. The molecule has 0 radical (unpaired) electrons. The van der Waals surface area contributed by atoms with Crippen molar-refractivity contribution in [2.75, 3.05) is 13.2 Å². The van der Waals surface area contributed by atoms with Gasteiger partial charge in [-0.3, -0.25) is 4.79 Å². The van der Waals surface area contributed by atoms with Gasteiger partial charge in [0.25, 0.3) is 0 Å². The van der Waals surface area contributed by atoms with Gasteiger partial charge in [-0.2, -0.15) is 0 Å². The summed E-state index contributed by atoms with van der Waals surface area (Å²) in [5, 5.41) is 9.34. The molecule has 98 valence electrons. The van der Waals surface area contributed by atoms with Crippen LogP contribution in [-0.2, 0) is 4.79 Å². The molecule has 2 rings (SSSR count). The van der Waals surface area contributed by atoms with E-state index in [1.165, 1.54) is 0 Å². The maximum absolute atomic E-state index is 12.4. The molecule has 1 heterocycles. The number of nitrogens with two attached hydrogens (primary N) is 1. The third-order valence-electron chi connectivity index (χ3n) is 4.18. The van der Waals surface area contributed by atoms with E-state index in [0.29, 0.717) is 0 Å². The largest absolute Gasteiger partial charge is 0.394 e. The third kappa shape index (κ3) is 2.99. The van der Waals surface area contributed by atoms with Crippen molar-refractivity contribution in [2.24, 2.45) is 11.7 Å². The highest BCUT2D eigenvalue weighted by Gasteiger charge is 2.33. The molecule has 0 bridgehead atoms. The Morgan fingerprint density at radius 2 is 2.06 bits per heavy atom. The minimum Gasteiger partial charge on any atom is -0.394 e. The summed E-state index contributed by atoms with van der Waals surface area (Å²) in [5.74, 6) is 0.338. The number of likely N-dealkylation sites (tertiary alicyclic amines) is 1. The molecule has 1 saturated carbocycles. The number of hydrogen-bond acceptors (Lipinski definition) is 3. The highest BCUT2D eigenvalue weighted by atomic mass is 16.3. The number of amides is 1. The molecular formula is C13H24N2O2. The SMILES string of the molecule is NC1CCCC(C(=O)N2CCCCC2CO)C1. The van der Waals surface area contributed by atoms with Crippen molar-refractivity contribution in [3.63, 3.8) is 0 Å². The summed E-state index contributed by atoms with van der Waals surface area (Å²) in [6.45, 7) is 0.917. The van der Waals surface area contributed by atoms with Crippen molar-refractivity contribution in [1.82, 2.24) is 4.90 Å². The lowest BCUT2D eigenvalue weighted by Crippen LogP contribution is -2.49. The Morgan fingerprint density at radius 3 is 2.76 bits per heavy atom. The molecule has 3 atom stereocenters. The zero-order valence-corrected chi connectivity index (χ0v) is 10.5. The second-order valence-electron chi connectivity index (χ2n) is 5.49. The zero-order chi connectivity index (χ0) is 12.3. The van der Waals surface area contributed by atoms with Gasteiger partial charge in [-0.15, -0.1) is 0 Å². The van der Waals surface area contributed by atoms with E-state index in [-0.39, 0.29) is 30.5 Å². The fraction of sp³-hybridized carbons (Fsp3) is 0.923. The maximum Gasteiger partial charge on any atom is 0.226 e. The van der Waals surface area contributed by atoms with Gasteiger partial charge < -0.3 is 15.7 Å². The molecule has 0 spiro atoms. The summed E-state index contributed by atoms with van der Waals surface area (Å²) in [4.78, 5) is 14.3. The number of hydrogen-bond donors (Lipinski definition) is 2. The van der Waals surface area contributed by atoms with Crippen LogP contribution in [0.25, 0.3) is 0 Å². The summed E-state index contributed by atoms with van der Waals surface area (Å²) in [6.07, 6.45) is 7.05. The van der Waals surface area contributed by atoms with Crippen LogP contribution in [0.4, 0.5) is 0 Å². The Bertz CT molecular complexity index is 270. The summed E-state index contributed by atoms with van der Waals surface area (Å²) < 4.78 is 0. The second kappa shape index (κ2) is 5.83.